The molecule has 0 aliphatic carbocycles. The molecule has 2 aromatic rings. The van der Waals surface area contributed by atoms with Crippen LogP contribution in [0, 0.1) is 0 Å². The van der Waals surface area contributed by atoms with Crippen LogP contribution in [0.2, 0.25) is 0 Å². The number of thiazole rings is 1. The van der Waals surface area contributed by atoms with Crippen molar-refractivity contribution in [2.45, 2.75) is 25.8 Å². The smallest absolute Gasteiger partial charge is 0.119 e. The summed E-state index contributed by atoms with van der Waals surface area (Å²) in [6.07, 6.45) is 0. The largest absolute Gasteiger partial charge is 0.497 e. The highest BCUT2D eigenvalue weighted by Crippen LogP contribution is 2.32. The van der Waals surface area contributed by atoms with Gasteiger partial charge in [0.05, 0.1) is 18.8 Å². The quantitative estimate of drug-likeness (QED) is 0.911. The maximum Gasteiger partial charge on any atom is 0.119 e. The molecule has 19 heavy (non-hydrogen) atoms. The fourth-order valence-electron chi connectivity index (χ4n) is 1.73. The summed E-state index contributed by atoms with van der Waals surface area (Å²) in [7, 11) is 1.65. The van der Waals surface area contributed by atoms with Crippen molar-refractivity contribution in [3.8, 4) is 5.75 Å². The summed E-state index contributed by atoms with van der Waals surface area (Å²) in [6, 6.07) is 5.57. The molecular formula is C14H17BrN2OS. The second-order valence-electron chi connectivity index (χ2n) is 4.63. The standard InChI is InChI=1S/C14H17BrN2OS/c1-8(2)12-7-19-14(17-12)13(16)10-6-9(18-3)4-5-11(10)15/h4-8,13H,16H2,1-3H3. The van der Waals surface area contributed by atoms with Crippen LogP contribution in [-0.4, -0.2) is 12.1 Å². The highest BCUT2D eigenvalue weighted by Gasteiger charge is 2.17. The molecule has 2 N–H and O–H groups in total. The summed E-state index contributed by atoms with van der Waals surface area (Å²) in [5.74, 6) is 1.22. The van der Waals surface area contributed by atoms with E-state index >= 15 is 0 Å². The Morgan fingerprint density at radius 2 is 2.11 bits per heavy atom. The van der Waals surface area contributed by atoms with Crippen LogP contribution in [0.1, 0.15) is 42.1 Å². The van der Waals surface area contributed by atoms with E-state index in [1.165, 1.54) is 0 Å². The number of aromatic nitrogens is 1. The maximum atomic E-state index is 6.32. The number of rotatable bonds is 4. The highest BCUT2D eigenvalue weighted by molar-refractivity contribution is 9.10. The number of ether oxygens (including phenoxy) is 1. The summed E-state index contributed by atoms with van der Waals surface area (Å²) in [5.41, 5.74) is 8.40. The van der Waals surface area contributed by atoms with E-state index in [2.05, 4.69) is 40.1 Å². The lowest BCUT2D eigenvalue weighted by atomic mass is 10.1. The Morgan fingerprint density at radius 3 is 2.68 bits per heavy atom. The number of halogens is 1. The van der Waals surface area contributed by atoms with Gasteiger partial charge in [-0.15, -0.1) is 11.3 Å². The van der Waals surface area contributed by atoms with Crippen molar-refractivity contribution in [1.29, 1.82) is 0 Å². The van der Waals surface area contributed by atoms with Crippen molar-refractivity contribution in [3.05, 3.63) is 44.3 Å². The van der Waals surface area contributed by atoms with Crippen LogP contribution >= 0.6 is 27.3 Å². The van der Waals surface area contributed by atoms with Gasteiger partial charge in [0, 0.05) is 9.85 Å². The van der Waals surface area contributed by atoms with Gasteiger partial charge in [-0.2, -0.15) is 0 Å². The number of nitrogens with zero attached hydrogens (tertiary/aromatic N) is 1. The minimum absolute atomic E-state index is 0.234. The Morgan fingerprint density at radius 1 is 1.37 bits per heavy atom. The summed E-state index contributed by atoms with van der Waals surface area (Å²) in [4.78, 5) is 4.61. The SMILES string of the molecule is COc1ccc(Br)c(C(N)c2nc(C(C)C)cs2)c1. The van der Waals surface area contributed by atoms with Crippen LogP contribution in [0.3, 0.4) is 0 Å². The first-order valence-electron chi connectivity index (χ1n) is 6.07. The first-order chi connectivity index (χ1) is 9.02. The Balaban J connectivity index is 2.34. The summed E-state index contributed by atoms with van der Waals surface area (Å²) >= 11 is 5.14. The van der Waals surface area contributed by atoms with E-state index < -0.39 is 0 Å². The molecule has 1 unspecified atom stereocenters. The molecule has 1 aromatic heterocycles. The molecule has 3 nitrogen and oxygen atoms in total. The lowest BCUT2D eigenvalue weighted by Gasteiger charge is -2.13. The summed E-state index contributed by atoms with van der Waals surface area (Å²) < 4.78 is 6.22. The normalized spacial score (nSPS) is 12.7. The first-order valence-corrected chi connectivity index (χ1v) is 7.74. The minimum atomic E-state index is -0.234. The molecule has 5 heteroatoms. The van der Waals surface area contributed by atoms with Gasteiger partial charge >= 0.3 is 0 Å². The van der Waals surface area contributed by atoms with E-state index in [1.807, 2.05) is 18.2 Å². The van der Waals surface area contributed by atoms with Gasteiger partial charge < -0.3 is 10.5 Å². The summed E-state index contributed by atoms with van der Waals surface area (Å²) in [5, 5.41) is 3.01. The van der Waals surface area contributed by atoms with Crippen LogP contribution < -0.4 is 10.5 Å². The van der Waals surface area contributed by atoms with Crippen LogP contribution in [0.15, 0.2) is 28.1 Å². The molecule has 0 aliphatic rings. The molecule has 1 aromatic carbocycles. The van der Waals surface area contributed by atoms with Gasteiger partial charge in [0.25, 0.3) is 0 Å². The van der Waals surface area contributed by atoms with Crippen LogP contribution in [0.4, 0.5) is 0 Å². The molecule has 102 valence electrons. The van der Waals surface area contributed by atoms with Gasteiger partial charge in [-0.25, -0.2) is 4.98 Å². The molecule has 0 fully saturated rings. The van der Waals surface area contributed by atoms with E-state index in [-0.39, 0.29) is 6.04 Å². The van der Waals surface area contributed by atoms with Crippen molar-refractivity contribution < 1.29 is 4.74 Å². The van der Waals surface area contributed by atoms with E-state index in [4.69, 9.17) is 10.5 Å². The second-order valence-corrected chi connectivity index (χ2v) is 6.37. The number of benzene rings is 1. The molecular weight excluding hydrogens is 324 g/mol. The molecule has 0 spiro atoms. The third-order valence-corrected chi connectivity index (χ3v) is 4.60. The topological polar surface area (TPSA) is 48.1 Å². The molecule has 0 amide bonds. The third-order valence-electron chi connectivity index (χ3n) is 2.94. The zero-order valence-corrected chi connectivity index (χ0v) is 13.6. The van der Waals surface area contributed by atoms with E-state index in [0.717, 1.165) is 26.5 Å². The van der Waals surface area contributed by atoms with E-state index in [1.54, 1.807) is 18.4 Å². The maximum absolute atomic E-state index is 6.32. The predicted molar refractivity (Wildman–Crippen MR) is 82.9 cm³/mol. The Bertz CT molecular complexity index is 568. The number of methoxy groups -OCH3 is 1. The van der Waals surface area contributed by atoms with Gasteiger partial charge in [-0.3, -0.25) is 0 Å². The van der Waals surface area contributed by atoms with Crippen LogP contribution in [0.25, 0.3) is 0 Å². The van der Waals surface area contributed by atoms with Gasteiger partial charge in [-0.1, -0.05) is 29.8 Å². The average Bonchev–Trinajstić information content (AvgIpc) is 2.88. The molecule has 0 aliphatic heterocycles. The van der Waals surface area contributed by atoms with Gasteiger partial charge in [0.2, 0.25) is 0 Å². The van der Waals surface area contributed by atoms with Crippen molar-refractivity contribution in [2.75, 3.05) is 7.11 Å². The monoisotopic (exact) mass is 340 g/mol. The lowest BCUT2D eigenvalue weighted by molar-refractivity contribution is 0.414. The molecule has 0 bridgehead atoms. The van der Waals surface area contributed by atoms with Crippen LogP contribution in [0.5, 0.6) is 5.75 Å². The molecule has 0 saturated heterocycles. The Labute approximate surface area is 125 Å². The van der Waals surface area contributed by atoms with Crippen molar-refractivity contribution in [3.63, 3.8) is 0 Å². The van der Waals surface area contributed by atoms with Crippen molar-refractivity contribution >= 4 is 27.3 Å². The van der Waals surface area contributed by atoms with E-state index in [0.29, 0.717) is 5.92 Å². The van der Waals surface area contributed by atoms with Crippen LogP contribution in [-0.2, 0) is 0 Å². The molecule has 1 atom stereocenters. The molecule has 1 heterocycles. The lowest BCUT2D eigenvalue weighted by Crippen LogP contribution is -2.12. The van der Waals surface area contributed by atoms with Gasteiger partial charge in [0.1, 0.15) is 10.8 Å². The number of hydrogen-bond donors (Lipinski definition) is 1. The van der Waals surface area contributed by atoms with E-state index in [9.17, 15) is 0 Å². The molecule has 0 radical (unpaired) electrons. The second kappa shape index (κ2) is 6.03. The third kappa shape index (κ3) is 3.16. The Hall–Kier alpha value is -0.910. The van der Waals surface area contributed by atoms with Gasteiger partial charge in [0.15, 0.2) is 0 Å². The van der Waals surface area contributed by atoms with Crippen molar-refractivity contribution in [1.82, 2.24) is 4.98 Å². The average molecular weight is 341 g/mol. The fourth-order valence-corrected chi connectivity index (χ4v) is 3.22. The zero-order chi connectivity index (χ0) is 14.0. The molecule has 2 rings (SSSR count). The number of nitrogens with two attached hydrogens (primary N) is 1. The molecule has 0 saturated carbocycles. The predicted octanol–water partition coefficient (Wildman–Crippen LogP) is 4.09. The highest BCUT2D eigenvalue weighted by atomic mass is 79.9. The zero-order valence-electron chi connectivity index (χ0n) is 11.2. The first kappa shape index (κ1) is 14.5. The fraction of sp³-hybridized carbons (Fsp3) is 0.357. The minimum Gasteiger partial charge on any atom is -0.497 e. The summed E-state index contributed by atoms with van der Waals surface area (Å²) in [6.45, 7) is 4.26. The Kier molecular flexibility index (Phi) is 4.60. The van der Waals surface area contributed by atoms with Gasteiger partial charge in [-0.05, 0) is 29.7 Å². The van der Waals surface area contributed by atoms with Crippen molar-refractivity contribution in [2.24, 2.45) is 5.73 Å². The number of hydrogen-bond acceptors (Lipinski definition) is 4.